The van der Waals surface area contributed by atoms with Gasteiger partial charge in [0.15, 0.2) is 0 Å². The molecule has 6 nitrogen and oxygen atoms in total. The molecule has 0 aliphatic carbocycles. The van der Waals surface area contributed by atoms with Crippen molar-refractivity contribution in [3.8, 4) is 5.75 Å². The van der Waals surface area contributed by atoms with Crippen molar-refractivity contribution in [1.82, 2.24) is 9.97 Å². The highest BCUT2D eigenvalue weighted by molar-refractivity contribution is 5.60. The van der Waals surface area contributed by atoms with E-state index in [0.717, 1.165) is 0 Å². The lowest BCUT2D eigenvalue weighted by Crippen LogP contribution is -2.16. The molecule has 4 N–H and O–H groups in total. The van der Waals surface area contributed by atoms with Crippen molar-refractivity contribution in [2.75, 3.05) is 17.9 Å². The average Bonchev–Trinajstić information content (AvgIpc) is 2.46. The molecule has 0 amide bonds. The van der Waals surface area contributed by atoms with Gasteiger partial charge in [-0.05, 0) is 12.1 Å². The smallest absolute Gasteiger partial charge is 0.451 e. The zero-order valence-electron chi connectivity index (χ0n) is 10.9. The minimum atomic E-state index is -4.67. The minimum Gasteiger partial charge on any atom is -0.497 e. The third-order valence-corrected chi connectivity index (χ3v) is 2.47. The number of methoxy groups -OCH3 is 1. The number of nitrogens with two attached hydrogens (primary N) is 1. The number of aromatic nitrogens is 2. The Balaban J connectivity index is 2.34. The summed E-state index contributed by atoms with van der Waals surface area (Å²) in [6, 6.07) is 7.93. The summed E-state index contributed by atoms with van der Waals surface area (Å²) in [5.41, 5.74) is 2.59. The fourth-order valence-corrected chi connectivity index (χ4v) is 1.56. The molecule has 112 valence electrons. The van der Waals surface area contributed by atoms with E-state index in [2.05, 4.69) is 20.7 Å². The number of nitrogens with zero attached hydrogens (tertiary/aromatic N) is 2. The highest BCUT2D eigenvalue weighted by Gasteiger charge is 2.35. The first kappa shape index (κ1) is 14.9. The molecule has 0 atom stereocenters. The lowest BCUT2D eigenvalue weighted by Gasteiger charge is -2.11. The molecular formula is C12H12F3N5O. The van der Waals surface area contributed by atoms with Gasteiger partial charge in [-0.1, -0.05) is 6.07 Å². The molecule has 1 aromatic heterocycles. The molecule has 0 bridgehead atoms. The van der Waals surface area contributed by atoms with Gasteiger partial charge in [0.1, 0.15) is 17.4 Å². The second-order valence-electron chi connectivity index (χ2n) is 3.96. The van der Waals surface area contributed by atoms with Gasteiger partial charge in [-0.3, -0.25) is 0 Å². The largest absolute Gasteiger partial charge is 0.497 e. The first-order valence-electron chi connectivity index (χ1n) is 5.76. The van der Waals surface area contributed by atoms with Crippen LogP contribution in [-0.2, 0) is 6.18 Å². The van der Waals surface area contributed by atoms with Crippen LogP contribution in [0.1, 0.15) is 5.82 Å². The third kappa shape index (κ3) is 3.72. The first-order valence-corrected chi connectivity index (χ1v) is 5.76. The van der Waals surface area contributed by atoms with Crippen LogP contribution >= 0.6 is 0 Å². The monoisotopic (exact) mass is 299 g/mol. The van der Waals surface area contributed by atoms with E-state index in [-0.39, 0.29) is 11.6 Å². The summed E-state index contributed by atoms with van der Waals surface area (Å²) < 4.78 is 43.1. The van der Waals surface area contributed by atoms with E-state index in [1.807, 2.05) is 0 Å². The lowest BCUT2D eigenvalue weighted by atomic mass is 10.3. The van der Waals surface area contributed by atoms with Gasteiger partial charge in [0.25, 0.3) is 0 Å². The molecule has 0 aliphatic rings. The molecule has 0 unspecified atom stereocenters. The summed E-state index contributed by atoms with van der Waals surface area (Å²) >= 11 is 0. The first-order chi connectivity index (χ1) is 9.92. The summed E-state index contributed by atoms with van der Waals surface area (Å²) in [4.78, 5) is 6.68. The second-order valence-corrected chi connectivity index (χ2v) is 3.96. The number of anilines is 3. The average molecular weight is 299 g/mol. The van der Waals surface area contributed by atoms with Crippen LogP contribution < -0.4 is 21.3 Å². The number of hydrogen-bond donors (Lipinski definition) is 3. The third-order valence-electron chi connectivity index (χ3n) is 2.47. The summed E-state index contributed by atoms with van der Waals surface area (Å²) in [7, 11) is 1.49. The van der Waals surface area contributed by atoms with Crippen molar-refractivity contribution in [3.05, 3.63) is 36.2 Å². The fourth-order valence-electron chi connectivity index (χ4n) is 1.56. The molecule has 1 aromatic carbocycles. The summed E-state index contributed by atoms with van der Waals surface area (Å²) in [6.45, 7) is 0. The number of alkyl halides is 3. The van der Waals surface area contributed by atoms with Crippen molar-refractivity contribution in [2.45, 2.75) is 6.18 Å². The Labute approximate surface area is 118 Å². The molecule has 1 heterocycles. The van der Waals surface area contributed by atoms with Crippen LogP contribution in [0.15, 0.2) is 30.3 Å². The zero-order valence-corrected chi connectivity index (χ0v) is 10.9. The van der Waals surface area contributed by atoms with Crippen LogP contribution in [-0.4, -0.2) is 17.1 Å². The van der Waals surface area contributed by atoms with Gasteiger partial charge in [-0.2, -0.15) is 13.2 Å². The van der Waals surface area contributed by atoms with Crippen molar-refractivity contribution in [3.63, 3.8) is 0 Å². The molecule has 2 rings (SSSR count). The topological polar surface area (TPSA) is 85.1 Å². The van der Waals surface area contributed by atoms with Crippen LogP contribution in [0.2, 0.25) is 0 Å². The number of nitrogen functional groups attached to an aromatic ring is 1. The van der Waals surface area contributed by atoms with E-state index in [1.165, 1.54) is 13.2 Å². The molecule has 9 heteroatoms. The van der Waals surface area contributed by atoms with Crippen LogP contribution in [0.25, 0.3) is 0 Å². The summed E-state index contributed by atoms with van der Waals surface area (Å²) in [6.07, 6.45) is -4.67. The van der Waals surface area contributed by atoms with Crippen LogP contribution in [0.4, 0.5) is 30.5 Å². The van der Waals surface area contributed by atoms with Crippen molar-refractivity contribution >= 4 is 17.3 Å². The Morgan fingerprint density at radius 2 is 1.86 bits per heavy atom. The lowest BCUT2D eigenvalue weighted by molar-refractivity contribution is -0.144. The summed E-state index contributed by atoms with van der Waals surface area (Å²) in [5.74, 6) is 4.19. The quantitative estimate of drug-likeness (QED) is 0.594. The highest BCUT2D eigenvalue weighted by atomic mass is 19.4. The number of hydrogen-bond acceptors (Lipinski definition) is 6. The van der Waals surface area contributed by atoms with Gasteiger partial charge in [-0.25, -0.2) is 15.8 Å². The van der Waals surface area contributed by atoms with Crippen molar-refractivity contribution in [2.24, 2.45) is 5.84 Å². The second kappa shape index (κ2) is 5.83. The number of benzene rings is 1. The van der Waals surface area contributed by atoms with E-state index >= 15 is 0 Å². The maximum Gasteiger partial charge on any atom is 0.451 e. The van der Waals surface area contributed by atoms with E-state index in [4.69, 9.17) is 10.6 Å². The molecule has 0 saturated carbocycles. The van der Waals surface area contributed by atoms with Gasteiger partial charge in [0, 0.05) is 17.8 Å². The van der Waals surface area contributed by atoms with E-state index in [0.29, 0.717) is 11.4 Å². The van der Waals surface area contributed by atoms with Crippen LogP contribution in [0.5, 0.6) is 5.75 Å². The van der Waals surface area contributed by atoms with Crippen LogP contribution in [0.3, 0.4) is 0 Å². The number of hydrazine groups is 1. The molecule has 0 saturated heterocycles. The fraction of sp³-hybridized carbons (Fsp3) is 0.167. The van der Waals surface area contributed by atoms with Gasteiger partial charge in [0.05, 0.1) is 7.11 Å². The normalized spacial score (nSPS) is 11.1. The van der Waals surface area contributed by atoms with Crippen LogP contribution in [0, 0.1) is 0 Å². The van der Waals surface area contributed by atoms with Gasteiger partial charge >= 0.3 is 6.18 Å². The molecule has 0 radical (unpaired) electrons. The predicted molar refractivity (Wildman–Crippen MR) is 71.1 cm³/mol. The van der Waals surface area contributed by atoms with E-state index in [1.54, 1.807) is 24.3 Å². The van der Waals surface area contributed by atoms with Gasteiger partial charge in [0.2, 0.25) is 5.82 Å². The van der Waals surface area contributed by atoms with Gasteiger partial charge in [-0.15, -0.1) is 0 Å². The standard InChI is InChI=1S/C12H12F3N5O/c1-21-8-4-2-3-7(5-8)17-9-6-10(20-16)19-11(18-9)12(13,14)15/h2-6H,16H2,1H3,(H2,17,18,19,20). The zero-order chi connectivity index (χ0) is 15.5. The number of nitrogens with one attached hydrogen (secondary N) is 2. The SMILES string of the molecule is COc1cccc(Nc2cc(NN)nc(C(F)(F)F)n2)c1. The molecule has 2 aromatic rings. The molecule has 0 aliphatic heterocycles. The Morgan fingerprint density at radius 1 is 1.14 bits per heavy atom. The predicted octanol–water partition coefficient (Wildman–Crippen LogP) is 2.53. The molecule has 0 fully saturated rings. The van der Waals surface area contributed by atoms with Gasteiger partial charge < -0.3 is 15.5 Å². The summed E-state index contributed by atoms with van der Waals surface area (Å²) in [5, 5.41) is 2.74. The Hall–Kier alpha value is -2.55. The maximum atomic E-state index is 12.7. The minimum absolute atomic E-state index is 0.0430. The Morgan fingerprint density at radius 3 is 2.48 bits per heavy atom. The molecule has 0 spiro atoms. The van der Waals surface area contributed by atoms with Crippen molar-refractivity contribution < 1.29 is 17.9 Å². The molecule has 21 heavy (non-hydrogen) atoms. The van der Waals surface area contributed by atoms with E-state index in [9.17, 15) is 13.2 Å². The van der Waals surface area contributed by atoms with E-state index < -0.39 is 12.0 Å². The number of halogens is 3. The Kier molecular flexibility index (Phi) is 4.13. The number of ether oxygens (including phenoxy) is 1. The maximum absolute atomic E-state index is 12.7. The Bertz CT molecular complexity index is 633. The van der Waals surface area contributed by atoms with Crippen molar-refractivity contribution in [1.29, 1.82) is 0 Å². The molecular weight excluding hydrogens is 287 g/mol. The number of rotatable bonds is 4. The highest BCUT2D eigenvalue weighted by Crippen LogP contribution is 2.29.